The summed E-state index contributed by atoms with van der Waals surface area (Å²) in [6, 6.07) is 0. The molecule has 0 heterocycles. The molecular formula is C22H40O4. The number of hydrogen-bond donors (Lipinski definition) is 0. The Morgan fingerprint density at radius 3 is 2.08 bits per heavy atom. The molecule has 2 fully saturated rings. The zero-order valence-corrected chi connectivity index (χ0v) is 17.3. The van der Waals surface area contributed by atoms with Crippen LogP contribution in [0.15, 0.2) is 0 Å². The largest absolute Gasteiger partial charge is 0.466 e. The minimum Gasteiger partial charge on any atom is -0.466 e. The van der Waals surface area contributed by atoms with E-state index in [9.17, 15) is 9.59 Å². The maximum atomic E-state index is 11.3. The van der Waals surface area contributed by atoms with Crippen molar-refractivity contribution < 1.29 is 19.1 Å². The van der Waals surface area contributed by atoms with E-state index in [-0.39, 0.29) is 18.0 Å². The monoisotopic (exact) mass is 368 g/mol. The summed E-state index contributed by atoms with van der Waals surface area (Å²) in [6.07, 6.45) is 15.9. The molecule has 152 valence electrons. The second kappa shape index (κ2) is 14.1. The molecule has 0 aromatic heterocycles. The van der Waals surface area contributed by atoms with Crippen molar-refractivity contribution in [1.82, 2.24) is 0 Å². The third-order valence-corrected chi connectivity index (χ3v) is 5.64. The fourth-order valence-electron chi connectivity index (χ4n) is 4.02. The zero-order chi connectivity index (χ0) is 19.2. The molecule has 26 heavy (non-hydrogen) atoms. The Balaban J connectivity index is 0.000000263. The standard InChI is InChI=1S/C12H22O2.C10H18O2/c1-3-7-12(13)14-10(2)11-8-5-4-6-9-11;1-9(11)12-8-7-10-5-3-2-4-6-10/h10-11H,3-9H2,1-2H3;10H,2-8H2,1H3. The average Bonchev–Trinajstić information content (AvgIpc) is 2.64. The van der Waals surface area contributed by atoms with Crippen molar-refractivity contribution in [3.05, 3.63) is 0 Å². The van der Waals surface area contributed by atoms with Crippen LogP contribution in [-0.2, 0) is 19.1 Å². The predicted molar refractivity (Wildman–Crippen MR) is 105 cm³/mol. The first-order valence-electron chi connectivity index (χ1n) is 10.9. The van der Waals surface area contributed by atoms with E-state index in [0.717, 1.165) is 18.8 Å². The number of ether oxygens (including phenoxy) is 2. The molecule has 0 bridgehead atoms. The van der Waals surface area contributed by atoms with Gasteiger partial charge in [-0.25, -0.2) is 0 Å². The van der Waals surface area contributed by atoms with Gasteiger partial charge in [-0.15, -0.1) is 0 Å². The molecule has 4 nitrogen and oxygen atoms in total. The van der Waals surface area contributed by atoms with Gasteiger partial charge in [-0.3, -0.25) is 9.59 Å². The first kappa shape index (κ1) is 23.0. The van der Waals surface area contributed by atoms with Gasteiger partial charge in [0.05, 0.1) is 6.61 Å². The molecule has 4 heteroatoms. The highest BCUT2D eigenvalue weighted by atomic mass is 16.5. The molecule has 0 amide bonds. The van der Waals surface area contributed by atoms with Crippen LogP contribution >= 0.6 is 0 Å². The maximum absolute atomic E-state index is 11.3. The summed E-state index contributed by atoms with van der Waals surface area (Å²) >= 11 is 0. The van der Waals surface area contributed by atoms with E-state index in [2.05, 4.69) is 0 Å². The summed E-state index contributed by atoms with van der Waals surface area (Å²) in [6.45, 7) is 6.15. The van der Waals surface area contributed by atoms with Crippen molar-refractivity contribution in [3.8, 4) is 0 Å². The molecule has 1 atom stereocenters. The Morgan fingerprint density at radius 2 is 1.54 bits per heavy atom. The second-order valence-corrected chi connectivity index (χ2v) is 7.98. The van der Waals surface area contributed by atoms with Gasteiger partial charge in [-0.1, -0.05) is 58.3 Å². The van der Waals surface area contributed by atoms with Crippen LogP contribution in [-0.4, -0.2) is 24.6 Å². The molecule has 2 rings (SSSR count). The van der Waals surface area contributed by atoms with E-state index in [1.165, 1.54) is 71.1 Å². The van der Waals surface area contributed by atoms with Crippen LogP contribution in [0.25, 0.3) is 0 Å². The maximum Gasteiger partial charge on any atom is 0.306 e. The fraction of sp³-hybridized carbons (Fsp3) is 0.909. The molecule has 0 saturated heterocycles. The van der Waals surface area contributed by atoms with Crippen LogP contribution in [0.5, 0.6) is 0 Å². The van der Waals surface area contributed by atoms with Crippen LogP contribution in [0.1, 0.15) is 104 Å². The Labute approximate surface area is 160 Å². The molecule has 0 spiro atoms. The Kier molecular flexibility index (Phi) is 12.4. The average molecular weight is 369 g/mol. The molecule has 2 aliphatic rings. The Morgan fingerprint density at radius 1 is 0.962 bits per heavy atom. The highest BCUT2D eigenvalue weighted by molar-refractivity contribution is 5.69. The molecule has 0 aromatic rings. The summed E-state index contributed by atoms with van der Waals surface area (Å²) in [7, 11) is 0. The smallest absolute Gasteiger partial charge is 0.306 e. The predicted octanol–water partition coefficient (Wildman–Crippen LogP) is 5.82. The molecule has 0 radical (unpaired) electrons. The van der Waals surface area contributed by atoms with Gasteiger partial charge in [0.1, 0.15) is 6.10 Å². The molecule has 2 saturated carbocycles. The molecule has 0 aliphatic heterocycles. The van der Waals surface area contributed by atoms with Crippen LogP contribution in [0.2, 0.25) is 0 Å². The van der Waals surface area contributed by atoms with Gasteiger partial charge in [0.15, 0.2) is 0 Å². The van der Waals surface area contributed by atoms with Crippen molar-refractivity contribution in [2.24, 2.45) is 11.8 Å². The zero-order valence-electron chi connectivity index (χ0n) is 17.3. The summed E-state index contributed by atoms with van der Waals surface area (Å²) in [5, 5.41) is 0. The van der Waals surface area contributed by atoms with E-state index < -0.39 is 0 Å². The summed E-state index contributed by atoms with van der Waals surface area (Å²) in [5.41, 5.74) is 0. The molecular weight excluding hydrogens is 328 g/mol. The van der Waals surface area contributed by atoms with Crippen molar-refractivity contribution in [2.75, 3.05) is 6.61 Å². The van der Waals surface area contributed by atoms with E-state index in [1.54, 1.807) is 0 Å². The van der Waals surface area contributed by atoms with Crippen LogP contribution in [0.3, 0.4) is 0 Å². The van der Waals surface area contributed by atoms with Crippen molar-refractivity contribution in [3.63, 3.8) is 0 Å². The Bertz CT molecular complexity index is 382. The Hall–Kier alpha value is -1.06. The van der Waals surface area contributed by atoms with Gasteiger partial charge in [-0.05, 0) is 44.4 Å². The first-order chi connectivity index (χ1) is 12.5. The number of esters is 2. The van der Waals surface area contributed by atoms with Gasteiger partial charge in [0.25, 0.3) is 0 Å². The molecule has 0 N–H and O–H groups in total. The lowest BCUT2D eigenvalue weighted by Crippen LogP contribution is -2.25. The lowest BCUT2D eigenvalue weighted by Gasteiger charge is -2.27. The van der Waals surface area contributed by atoms with Crippen LogP contribution in [0, 0.1) is 11.8 Å². The minimum atomic E-state index is -0.147. The van der Waals surface area contributed by atoms with Gasteiger partial charge in [-0.2, -0.15) is 0 Å². The normalized spacial score (nSPS) is 19.8. The van der Waals surface area contributed by atoms with E-state index >= 15 is 0 Å². The molecule has 2 aliphatic carbocycles. The van der Waals surface area contributed by atoms with Crippen molar-refractivity contribution in [2.45, 2.75) is 110 Å². The molecule has 0 aromatic carbocycles. The van der Waals surface area contributed by atoms with Gasteiger partial charge in [0.2, 0.25) is 0 Å². The van der Waals surface area contributed by atoms with E-state index in [0.29, 0.717) is 18.9 Å². The second-order valence-electron chi connectivity index (χ2n) is 7.98. The first-order valence-corrected chi connectivity index (χ1v) is 10.9. The quantitative estimate of drug-likeness (QED) is 0.531. The van der Waals surface area contributed by atoms with E-state index in [1.807, 2.05) is 13.8 Å². The SMILES string of the molecule is CC(=O)OCCC1CCCCC1.CCCC(=O)OC(C)C1CCCCC1. The lowest BCUT2D eigenvalue weighted by atomic mass is 9.86. The highest BCUT2D eigenvalue weighted by Crippen LogP contribution is 2.28. The van der Waals surface area contributed by atoms with Crippen molar-refractivity contribution >= 4 is 11.9 Å². The van der Waals surface area contributed by atoms with Gasteiger partial charge < -0.3 is 9.47 Å². The summed E-state index contributed by atoms with van der Waals surface area (Å²) < 4.78 is 10.3. The summed E-state index contributed by atoms with van der Waals surface area (Å²) in [4.78, 5) is 21.7. The third-order valence-electron chi connectivity index (χ3n) is 5.64. The number of carbonyl (C=O) groups is 2. The summed E-state index contributed by atoms with van der Waals surface area (Å²) in [5.74, 6) is 1.26. The third kappa shape index (κ3) is 10.8. The number of rotatable bonds is 7. The van der Waals surface area contributed by atoms with Gasteiger partial charge in [0, 0.05) is 13.3 Å². The van der Waals surface area contributed by atoms with Gasteiger partial charge >= 0.3 is 11.9 Å². The molecule has 1 unspecified atom stereocenters. The number of carbonyl (C=O) groups excluding carboxylic acids is 2. The van der Waals surface area contributed by atoms with Crippen LogP contribution in [0.4, 0.5) is 0 Å². The lowest BCUT2D eigenvalue weighted by molar-refractivity contribution is -0.151. The highest BCUT2D eigenvalue weighted by Gasteiger charge is 2.22. The van der Waals surface area contributed by atoms with E-state index in [4.69, 9.17) is 9.47 Å². The fourth-order valence-corrected chi connectivity index (χ4v) is 4.02. The van der Waals surface area contributed by atoms with Crippen molar-refractivity contribution in [1.29, 1.82) is 0 Å². The topological polar surface area (TPSA) is 52.6 Å². The number of hydrogen-bond acceptors (Lipinski definition) is 4. The minimum absolute atomic E-state index is 0.0226. The van der Waals surface area contributed by atoms with Crippen LogP contribution < -0.4 is 0 Å².